The first kappa shape index (κ1) is 23.5. The number of piperidine rings is 1. The number of halogens is 2. The standard InChI is InChI=1S/C26H21Cl2NO3S/c1-18-8-10-25(11-9-18)33(31,32)29-16-21(12-19-4-2-6-23(27)14-19)26(30)22(17-29)13-20-5-3-7-24(28)15-20/h2-15H,16-17H2,1H3/b21-12-,22-13+. The van der Waals surface area contributed by atoms with Crippen molar-refractivity contribution in [2.45, 2.75) is 11.8 Å². The Bertz CT molecular complexity index is 1310. The maximum Gasteiger partial charge on any atom is 0.243 e. The lowest BCUT2D eigenvalue weighted by Gasteiger charge is -2.29. The highest BCUT2D eigenvalue weighted by Crippen LogP contribution is 2.28. The molecule has 3 aromatic rings. The van der Waals surface area contributed by atoms with Gasteiger partial charge in [0.1, 0.15) is 0 Å². The van der Waals surface area contributed by atoms with E-state index >= 15 is 0 Å². The minimum absolute atomic E-state index is 0.0333. The van der Waals surface area contributed by atoms with E-state index in [1.807, 2.05) is 19.1 Å². The fourth-order valence-electron chi connectivity index (χ4n) is 3.63. The quantitative estimate of drug-likeness (QED) is 0.412. The van der Waals surface area contributed by atoms with Gasteiger partial charge in [-0.25, -0.2) is 8.42 Å². The van der Waals surface area contributed by atoms with Gasteiger partial charge in [0.2, 0.25) is 10.0 Å². The van der Waals surface area contributed by atoms with Crippen molar-refractivity contribution in [1.29, 1.82) is 0 Å². The van der Waals surface area contributed by atoms with Crippen molar-refractivity contribution in [3.63, 3.8) is 0 Å². The van der Waals surface area contributed by atoms with E-state index in [1.165, 1.54) is 4.31 Å². The predicted octanol–water partition coefficient (Wildman–Crippen LogP) is 6.04. The van der Waals surface area contributed by atoms with Crippen LogP contribution in [-0.2, 0) is 14.8 Å². The van der Waals surface area contributed by atoms with Crippen molar-refractivity contribution < 1.29 is 13.2 Å². The smallest absolute Gasteiger partial charge is 0.243 e. The molecule has 0 saturated carbocycles. The number of rotatable bonds is 4. The number of sulfonamides is 1. The third-order valence-corrected chi connectivity index (χ3v) is 7.59. The molecule has 0 radical (unpaired) electrons. The van der Waals surface area contributed by atoms with Gasteiger partial charge in [0.15, 0.2) is 5.78 Å². The molecule has 0 amide bonds. The van der Waals surface area contributed by atoms with Gasteiger partial charge < -0.3 is 0 Å². The molecule has 0 spiro atoms. The second-order valence-corrected chi connectivity index (χ2v) is 10.7. The largest absolute Gasteiger partial charge is 0.289 e. The molecule has 1 heterocycles. The number of hydrogen-bond donors (Lipinski definition) is 0. The number of Topliss-reactive ketones (excluding diaryl/α,β-unsaturated/α-hetero) is 1. The zero-order chi connectivity index (χ0) is 23.6. The van der Waals surface area contributed by atoms with Crippen molar-refractivity contribution in [3.8, 4) is 0 Å². The van der Waals surface area contributed by atoms with Crippen LogP contribution in [0.15, 0.2) is 88.8 Å². The first-order valence-electron chi connectivity index (χ1n) is 10.3. The van der Waals surface area contributed by atoms with Crippen LogP contribution in [-0.4, -0.2) is 31.6 Å². The number of carbonyl (C=O) groups excluding carboxylic acids is 1. The van der Waals surface area contributed by atoms with Crippen LogP contribution in [0.2, 0.25) is 10.0 Å². The highest BCUT2D eigenvalue weighted by molar-refractivity contribution is 7.89. The van der Waals surface area contributed by atoms with Crippen molar-refractivity contribution in [2.75, 3.05) is 13.1 Å². The Kier molecular flexibility index (Phi) is 6.86. The molecule has 4 rings (SSSR count). The van der Waals surface area contributed by atoms with Crippen LogP contribution in [0.1, 0.15) is 16.7 Å². The van der Waals surface area contributed by atoms with Gasteiger partial charge in [-0.05, 0) is 66.6 Å². The fourth-order valence-corrected chi connectivity index (χ4v) is 5.43. The molecule has 168 valence electrons. The summed E-state index contributed by atoms with van der Waals surface area (Å²) < 4.78 is 28.2. The lowest BCUT2D eigenvalue weighted by atomic mass is 9.95. The molecule has 1 aliphatic rings. The Labute approximate surface area is 203 Å². The zero-order valence-electron chi connectivity index (χ0n) is 17.8. The van der Waals surface area contributed by atoms with Crippen LogP contribution < -0.4 is 0 Å². The van der Waals surface area contributed by atoms with Crippen LogP contribution in [0.25, 0.3) is 12.2 Å². The van der Waals surface area contributed by atoms with E-state index in [4.69, 9.17) is 23.2 Å². The molecule has 3 aromatic carbocycles. The van der Waals surface area contributed by atoms with E-state index in [0.717, 1.165) is 16.7 Å². The van der Waals surface area contributed by atoms with Gasteiger partial charge >= 0.3 is 0 Å². The summed E-state index contributed by atoms with van der Waals surface area (Å²) in [5.74, 6) is -0.203. The van der Waals surface area contributed by atoms with Crippen LogP contribution in [0.4, 0.5) is 0 Å². The predicted molar refractivity (Wildman–Crippen MR) is 134 cm³/mol. The summed E-state index contributed by atoms with van der Waals surface area (Å²) in [7, 11) is -3.82. The van der Waals surface area contributed by atoms with Crippen molar-refractivity contribution in [1.82, 2.24) is 4.31 Å². The number of hydrogen-bond acceptors (Lipinski definition) is 3. The molecule has 0 bridgehead atoms. The van der Waals surface area contributed by atoms with E-state index in [1.54, 1.807) is 72.8 Å². The maximum absolute atomic E-state index is 13.4. The topological polar surface area (TPSA) is 54.5 Å². The number of ketones is 1. The molecule has 0 unspecified atom stereocenters. The normalized spacial score (nSPS) is 17.6. The summed E-state index contributed by atoms with van der Waals surface area (Å²) >= 11 is 12.2. The van der Waals surface area contributed by atoms with E-state index in [2.05, 4.69) is 0 Å². The molecule has 0 N–H and O–H groups in total. The third-order valence-electron chi connectivity index (χ3n) is 5.31. The first-order valence-corrected chi connectivity index (χ1v) is 12.5. The molecule has 7 heteroatoms. The van der Waals surface area contributed by atoms with Crippen LogP contribution in [0.5, 0.6) is 0 Å². The van der Waals surface area contributed by atoms with E-state index < -0.39 is 10.0 Å². The Hall–Kier alpha value is -2.70. The van der Waals surface area contributed by atoms with Gasteiger partial charge in [0, 0.05) is 34.3 Å². The Balaban J connectivity index is 1.79. The number of carbonyl (C=O) groups is 1. The van der Waals surface area contributed by atoms with Gasteiger partial charge in [-0.15, -0.1) is 0 Å². The molecular formula is C26H21Cl2NO3S. The van der Waals surface area contributed by atoms with Gasteiger partial charge in [-0.2, -0.15) is 4.31 Å². The monoisotopic (exact) mass is 497 g/mol. The van der Waals surface area contributed by atoms with Gasteiger partial charge in [0.05, 0.1) is 4.90 Å². The Morgan fingerprint density at radius 2 is 1.27 bits per heavy atom. The second-order valence-electron chi connectivity index (χ2n) is 7.86. The second kappa shape index (κ2) is 9.65. The summed E-state index contributed by atoms with van der Waals surface area (Å²) in [5, 5.41) is 1.07. The average Bonchev–Trinajstić information content (AvgIpc) is 2.77. The van der Waals surface area contributed by atoms with Crippen LogP contribution in [0, 0.1) is 6.92 Å². The maximum atomic E-state index is 13.4. The molecular weight excluding hydrogens is 477 g/mol. The molecule has 33 heavy (non-hydrogen) atoms. The summed E-state index contributed by atoms with van der Waals surface area (Å²) in [6.07, 6.45) is 3.38. The molecule has 1 saturated heterocycles. The van der Waals surface area contributed by atoms with Gasteiger partial charge in [-0.3, -0.25) is 4.79 Å². The summed E-state index contributed by atoms with van der Waals surface area (Å²) in [6.45, 7) is 1.83. The molecule has 4 nitrogen and oxygen atoms in total. The summed E-state index contributed by atoms with van der Waals surface area (Å²) in [4.78, 5) is 13.5. The zero-order valence-corrected chi connectivity index (χ0v) is 20.2. The van der Waals surface area contributed by atoms with E-state index in [9.17, 15) is 13.2 Å². The van der Waals surface area contributed by atoms with E-state index in [-0.39, 0.29) is 23.8 Å². The highest BCUT2D eigenvalue weighted by atomic mass is 35.5. The molecule has 1 aliphatic heterocycles. The molecule has 0 aliphatic carbocycles. The molecule has 1 fully saturated rings. The SMILES string of the molecule is Cc1ccc(S(=O)(=O)N2C/C(=C/c3cccc(Cl)c3)C(=O)/C(=C/c3cccc(Cl)c3)C2)cc1. The van der Waals surface area contributed by atoms with Crippen molar-refractivity contribution in [2.24, 2.45) is 0 Å². The lowest BCUT2D eigenvalue weighted by molar-refractivity contribution is -0.113. The number of benzene rings is 3. The number of nitrogens with zero attached hydrogens (tertiary/aromatic N) is 1. The van der Waals surface area contributed by atoms with Gasteiger partial charge in [0.25, 0.3) is 0 Å². The summed E-state index contributed by atoms with van der Waals surface area (Å²) in [5.41, 5.74) is 3.15. The average molecular weight is 498 g/mol. The van der Waals surface area contributed by atoms with Crippen molar-refractivity contribution in [3.05, 3.63) is 111 Å². The van der Waals surface area contributed by atoms with Crippen LogP contribution >= 0.6 is 23.2 Å². The van der Waals surface area contributed by atoms with Gasteiger partial charge in [-0.1, -0.05) is 65.2 Å². The lowest BCUT2D eigenvalue weighted by Crippen LogP contribution is -2.41. The highest BCUT2D eigenvalue weighted by Gasteiger charge is 2.34. The van der Waals surface area contributed by atoms with Crippen LogP contribution in [0.3, 0.4) is 0 Å². The summed E-state index contributed by atoms with van der Waals surface area (Å²) in [6, 6.07) is 20.8. The minimum Gasteiger partial charge on any atom is -0.289 e. The first-order chi connectivity index (χ1) is 15.7. The van der Waals surface area contributed by atoms with Crippen molar-refractivity contribution >= 4 is 51.2 Å². The molecule has 0 aromatic heterocycles. The third kappa shape index (κ3) is 5.45. The Morgan fingerprint density at radius 3 is 1.73 bits per heavy atom. The van der Waals surface area contributed by atoms with E-state index in [0.29, 0.717) is 21.2 Å². The Morgan fingerprint density at radius 1 is 0.788 bits per heavy atom. The minimum atomic E-state index is -3.82. The molecule has 0 atom stereocenters. The number of aryl methyl sites for hydroxylation is 1. The fraction of sp³-hybridized carbons (Fsp3) is 0.115.